The molecule has 14 heavy (non-hydrogen) atoms. The maximum absolute atomic E-state index is 12.3. The molecule has 0 radical (unpaired) electrons. The zero-order chi connectivity index (χ0) is 10.8. The van der Waals surface area contributed by atoms with Gasteiger partial charge in [0.25, 0.3) is 0 Å². The fourth-order valence-corrected chi connectivity index (χ4v) is 0.965. The number of ether oxygens (including phenoxy) is 1. The molecule has 0 heterocycles. The first-order valence-corrected chi connectivity index (χ1v) is 3.90. The minimum absolute atomic E-state index is 0.0526. The van der Waals surface area contributed by atoms with Crippen LogP contribution in [0.25, 0.3) is 0 Å². The maximum Gasteiger partial charge on any atom is 0.484 e. The Labute approximate surface area is 79.9 Å². The number of hydrogen-bond donors (Lipinski definition) is 0. The third-order valence-electron chi connectivity index (χ3n) is 1.82. The minimum atomic E-state index is -4.37. The van der Waals surface area contributed by atoms with Crippen LogP contribution in [0.5, 0.6) is 5.75 Å². The molecule has 0 spiro atoms. The fourth-order valence-electron chi connectivity index (χ4n) is 0.965. The third-order valence-corrected chi connectivity index (χ3v) is 1.82. The normalized spacial score (nSPS) is 11.2. The molecule has 0 amide bonds. The standard InChI is InChI=1S/C9H10F3NO/c1-13(9(10,11)12)7-4-3-5-8(6-7)14-2/h3-6H,1-2H3. The van der Waals surface area contributed by atoms with Gasteiger partial charge in [-0.05, 0) is 12.1 Å². The van der Waals surface area contributed by atoms with Crippen LogP contribution in [-0.4, -0.2) is 20.5 Å². The Hall–Kier alpha value is -1.39. The number of alkyl halides is 3. The van der Waals surface area contributed by atoms with Gasteiger partial charge in [0.05, 0.1) is 7.11 Å². The molecule has 0 saturated carbocycles. The molecule has 2 nitrogen and oxygen atoms in total. The van der Waals surface area contributed by atoms with E-state index in [0.29, 0.717) is 5.75 Å². The molecule has 0 aliphatic carbocycles. The summed E-state index contributed by atoms with van der Waals surface area (Å²) in [4.78, 5) is 0.232. The van der Waals surface area contributed by atoms with Gasteiger partial charge in [0.2, 0.25) is 0 Å². The molecule has 78 valence electrons. The zero-order valence-electron chi connectivity index (χ0n) is 7.80. The number of hydrogen-bond acceptors (Lipinski definition) is 2. The summed E-state index contributed by atoms with van der Waals surface area (Å²) in [6.07, 6.45) is -4.37. The molecular weight excluding hydrogens is 195 g/mol. The Bertz CT molecular complexity index is 311. The van der Waals surface area contributed by atoms with E-state index in [-0.39, 0.29) is 10.6 Å². The van der Waals surface area contributed by atoms with Crippen molar-refractivity contribution in [1.82, 2.24) is 0 Å². The van der Waals surface area contributed by atoms with Crippen molar-refractivity contribution in [3.63, 3.8) is 0 Å². The van der Waals surface area contributed by atoms with E-state index in [4.69, 9.17) is 4.74 Å². The molecule has 0 N–H and O–H groups in total. The monoisotopic (exact) mass is 205 g/mol. The molecule has 0 aliphatic rings. The molecule has 0 atom stereocenters. The lowest BCUT2D eigenvalue weighted by atomic mass is 10.3. The Morgan fingerprint density at radius 3 is 2.43 bits per heavy atom. The van der Waals surface area contributed by atoms with Crippen LogP contribution in [-0.2, 0) is 0 Å². The predicted octanol–water partition coefficient (Wildman–Crippen LogP) is 2.65. The van der Waals surface area contributed by atoms with E-state index < -0.39 is 6.30 Å². The molecular formula is C9H10F3NO. The highest BCUT2D eigenvalue weighted by molar-refractivity contribution is 5.50. The molecule has 0 aliphatic heterocycles. The van der Waals surface area contributed by atoms with E-state index in [9.17, 15) is 13.2 Å². The fraction of sp³-hybridized carbons (Fsp3) is 0.333. The summed E-state index contributed by atoms with van der Waals surface area (Å²) in [5.74, 6) is 0.401. The van der Waals surface area contributed by atoms with Crippen LogP contribution in [0.1, 0.15) is 0 Å². The van der Waals surface area contributed by atoms with Gasteiger partial charge in [0.1, 0.15) is 5.75 Å². The Morgan fingerprint density at radius 1 is 1.29 bits per heavy atom. The Balaban J connectivity index is 2.95. The highest BCUT2D eigenvalue weighted by Gasteiger charge is 2.34. The number of methoxy groups -OCH3 is 1. The molecule has 0 aromatic heterocycles. The Morgan fingerprint density at radius 2 is 1.93 bits per heavy atom. The van der Waals surface area contributed by atoms with Crippen LogP contribution < -0.4 is 9.64 Å². The first-order valence-electron chi connectivity index (χ1n) is 3.90. The van der Waals surface area contributed by atoms with Gasteiger partial charge in [-0.25, -0.2) is 0 Å². The van der Waals surface area contributed by atoms with E-state index in [2.05, 4.69) is 0 Å². The van der Waals surface area contributed by atoms with Crippen LogP contribution in [0.4, 0.5) is 18.9 Å². The second-order valence-corrected chi connectivity index (χ2v) is 2.73. The van der Waals surface area contributed by atoms with E-state index in [1.165, 1.54) is 25.3 Å². The first kappa shape index (κ1) is 10.7. The van der Waals surface area contributed by atoms with Crippen molar-refractivity contribution in [1.29, 1.82) is 0 Å². The van der Waals surface area contributed by atoms with Crippen LogP contribution in [0, 0.1) is 0 Å². The minimum Gasteiger partial charge on any atom is -0.497 e. The average molecular weight is 205 g/mol. The second-order valence-electron chi connectivity index (χ2n) is 2.73. The van der Waals surface area contributed by atoms with Gasteiger partial charge in [0, 0.05) is 18.8 Å². The van der Waals surface area contributed by atoms with Crippen molar-refractivity contribution in [2.75, 3.05) is 19.1 Å². The van der Waals surface area contributed by atoms with Crippen molar-refractivity contribution in [3.8, 4) is 5.75 Å². The molecule has 0 fully saturated rings. The molecule has 0 saturated heterocycles. The van der Waals surface area contributed by atoms with E-state index in [1.54, 1.807) is 6.07 Å². The molecule has 1 aromatic carbocycles. The van der Waals surface area contributed by atoms with Gasteiger partial charge in [-0.2, -0.15) is 13.2 Å². The smallest absolute Gasteiger partial charge is 0.484 e. The second kappa shape index (κ2) is 3.77. The van der Waals surface area contributed by atoms with Crippen molar-refractivity contribution in [2.24, 2.45) is 0 Å². The third kappa shape index (κ3) is 2.31. The van der Waals surface area contributed by atoms with Crippen LogP contribution in [0.3, 0.4) is 0 Å². The Kier molecular flexibility index (Phi) is 2.88. The lowest BCUT2D eigenvalue weighted by molar-refractivity contribution is -0.125. The topological polar surface area (TPSA) is 12.5 Å². The lowest BCUT2D eigenvalue weighted by Crippen LogP contribution is -2.33. The first-order chi connectivity index (χ1) is 6.45. The van der Waals surface area contributed by atoms with Crippen LogP contribution in [0.15, 0.2) is 24.3 Å². The highest BCUT2D eigenvalue weighted by Crippen LogP contribution is 2.28. The average Bonchev–Trinajstić information content (AvgIpc) is 2.15. The summed E-state index contributed by atoms with van der Waals surface area (Å²) in [7, 11) is 2.38. The largest absolute Gasteiger partial charge is 0.497 e. The van der Waals surface area contributed by atoms with Crippen LogP contribution in [0.2, 0.25) is 0 Å². The van der Waals surface area contributed by atoms with Gasteiger partial charge >= 0.3 is 6.30 Å². The van der Waals surface area contributed by atoms with Crippen molar-refractivity contribution < 1.29 is 17.9 Å². The van der Waals surface area contributed by atoms with Gasteiger partial charge in [-0.15, -0.1) is 0 Å². The number of benzene rings is 1. The SMILES string of the molecule is COc1cccc(N(C)C(F)(F)F)c1. The molecule has 1 aromatic rings. The van der Waals surface area contributed by atoms with Gasteiger partial charge < -0.3 is 4.74 Å². The van der Waals surface area contributed by atoms with Gasteiger partial charge in [-0.3, -0.25) is 4.90 Å². The van der Waals surface area contributed by atoms with Crippen molar-refractivity contribution >= 4 is 5.69 Å². The molecule has 5 heteroatoms. The summed E-state index contributed by atoms with van der Waals surface area (Å²) in [5.41, 5.74) is 0.0526. The number of anilines is 1. The summed E-state index contributed by atoms with van der Waals surface area (Å²) in [6.45, 7) is 0. The van der Waals surface area contributed by atoms with Gasteiger partial charge in [0.15, 0.2) is 0 Å². The van der Waals surface area contributed by atoms with E-state index >= 15 is 0 Å². The molecule has 0 bridgehead atoms. The molecule has 1 rings (SSSR count). The maximum atomic E-state index is 12.3. The highest BCUT2D eigenvalue weighted by atomic mass is 19.4. The zero-order valence-corrected chi connectivity index (χ0v) is 7.80. The summed E-state index contributed by atoms with van der Waals surface area (Å²) >= 11 is 0. The van der Waals surface area contributed by atoms with Crippen LogP contribution >= 0.6 is 0 Å². The van der Waals surface area contributed by atoms with Crippen molar-refractivity contribution in [2.45, 2.75) is 6.30 Å². The van der Waals surface area contributed by atoms with Gasteiger partial charge in [-0.1, -0.05) is 6.07 Å². The van der Waals surface area contributed by atoms with Crippen molar-refractivity contribution in [3.05, 3.63) is 24.3 Å². The number of nitrogens with zero attached hydrogens (tertiary/aromatic N) is 1. The lowest BCUT2D eigenvalue weighted by Gasteiger charge is -2.22. The quantitative estimate of drug-likeness (QED) is 0.688. The number of halogens is 3. The van der Waals surface area contributed by atoms with E-state index in [0.717, 1.165) is 7.05 Å². The molecule has 0 unspecified atom stereocenters. The predicted molar refractivity (Wildman–Crippen MR) is 47.5 cm³/mol. The summed E-state index contributed by atoms with van der Waals surface area (Å²) in [6, 6.07) is 5.80. The number of rotatable bonds is 2. The summed E-state index contributed by atoms with van der Waals surface area (Å²) < 4.78 is 41.6. The summed E-state index contributed by atoms with van der Waals surface area (Å²) in [5, 5.41) is 0. The van der Waals surface area contributed by atoms with E-state index in [1.807, 2.05) is 0 Å².